The van der Waals surface area contributed by atoms with Gasteiger partial charge < -0.3 is 20.0 Å². The van der Waals surface area contributed by atoms with Gasteiger partial charge in [0.1, 0.15) is 5.82 Å². The van der Waals surface area contributed by atoms with Crippen molar-refractivity contribution in [1.82, 2.24) is 19.7 Å². The molecule has 1 saturated carbocycles. The van der Waals surface area contributed by atoms with E-state index < -0.39 is 0 Å². The predicted octanol–water partition coefficient (Wildman–Crippen LogP) is 1.10. The highest BCUT2D eigenvalue weighted by Gasteiger charge is 2.33. The Labute approximate surface area is 178 Å². The summed E-state index contributed by atoms with van der Waals surface area (Å²) in [5, 5.41) is 3.09. The monoisotopic (exact) mass is 412 g/mol. The molecule has 8 nitrogen and oxygen atoms in total. The zero-order valence-electron chi connectivity index (χ0n) is 17.8. The van der Waals surface area contributed by atoms with Gasteiger partial charge >= 0.3 is 0 Å². The number of aromatic nitrogens is 1. The largest absolute Gasteiger partial charge is 0.359 e. The quantitative estimate of drug-likeness (QED) is 0.799. The minimum atomic E-state index is 0.0257. The predicted molar refractivity (Wildman–Crippen MR) is 116 cm³/mol. The zero-order chi connectivity index (χ0) is 20.7. The molecule has 1 N–H and O–H groups in total. The summed E-state index contributed by atoms with van der Waals surface area (Å²) in [6, 6.07) is 2.51. The van der Waals surface area contributed by atoms with Crippen LogP contribution in [-0.2, 0) is 4.79 Å². The summed E-state index contributed by atoms with van der Waals surface area (Å²) in [7, 11) is 2.19. The first-order valence-corrected chi connectivity index (χ1v) is 11.3. The van der Waals surface area contributed by atoms with E-state index in [1.54, 1.807) is 6.20 Å². The summed E-state index contributed by atoms with van der Waals surface area (Å²) in [6.45, 7) is 6.72. The van der Waals surface area contributed by atoms with Crippen LogP contribution in [0.1, 0.15) is 36.0 Å². The number of amides is 2. The number of hydrogen-bond acceptors (Lipinski definition) is 6. The van der Waals surface area contributed by atoms with E-state index in [0.29, 0.717) is 23.3 Å². The summed E-state index contributed by atoms with van der Waals surface area (Å²) in [5.74, 6) is 1.39. The highest BCUT2D eigenvalue weighted by Crippen LogP contribution is 2.35. The van der Waals surface area contributed by atoms with Crippen LogP contribution in [-0.4, -0.2) is 96.9 Å². The second-order valence-electron chi connectivity index (χ2n) is 9.26. The lowest BCUT2D eigenvalue weighted by molar-refractivity contribution is -0.117. The van der Waals surface area contributed by atoms with Gasteiger partial charge in [-0.05, 0) is 57.8 Å². The fourth-order valence-electron chi connectivity index (χ4n) is 4.89. The molecule has 1 aromatic rings. The fourth-order valence-corrected chi connectivity index (χ4v) is 4.89. The Bertz CT molecular complexity index is 810. The normalized spacial score (nSPS) is 24.0. The molecule has 30 heavy (non-hydrogen) atoms. The molecule has 2 amide bonds. The summed E-state index contributed by atoms with van der Waals surface area (Å²) in [5.41, 5.74) is 1.34. The molecule has 162 valence electrons. The van der Waals surface area contributed by atoms with Gasteiger partial charge in [0.25, 0.3) is 5.91 Å². The van der Waals surface area contributed by atoms with Crippen LogP contribution in [0.25, 0.3) is 0 Å². The lowest BCUT2D eigenvalue weighted by atomic mass is 10.0. The number of anilines is 2. The lowest BCUT2D eigenvalue weighted by Gasteiger charge is -2.42. The number of nitrogens with zero attached hydrogens (tertiary/aromatic N) is 5. The molecular weight excluding hydrogens is 380 g/mol. The minimum Gasteiger partial charge on any atom is -0.359 e. The summed E-state index contributed by atoms with van der Waals surface area (Å²) >= 11 is 0. The molecule has 0 radical (unpaired) electrons. The highest BCUT2D eigenvalue weighted by molar-refractivity contribution is 6.04. The lowest BCUT2D eigenvalue weighted by Crippen LogP contribution is -2.54. The third-order valence-corrected chi connectivity index (χ3v) is 7.06. The molecule has 4 aliphatic rings. The number of likely N-dealkylation sites (tertiary alicyclic amines) is 1. The van der Waals surface area contributed by atoms with Crippen LogP contribution in [0.15, 0.2) is 12.3 Å². The summed E-state index contributed by atoms with van der Waals surface area (Å²) < 4.78 is 0. The van der Waals surface area contributed by atoms with Crippen molar-refractivity contribution in [3.63, 3.8) is 0 Å². The van der Waals surface area contributed by atoms with Gasteiger partial charge in [-0.25, -0.2) is 4.98 Å². The average molecular weight is 413 g/mol. The number of carbonyl (C=O) groups excluding carboxylic acids is 2. The second kappa shape index (κ2) is 8.15. The van der Waals surface area contributed by atoms with E-state index in [-0.39, 0.29) is 18.4 Å². The third kappa shape index (κ3) is 4.03. The Hall–Kier alpha value is -2.19. The highest BCUT2D eigenvalue weighted by atomic mass is 16.2. The molecule has 3 aliphatic heterocycles. The van der Waals surface area contributed by atoms with Crippen LogP contribution >= 0.6 is 0 Å². The number of carbonyl (C=O) groups is 2. The van der Waals surface area contributed by atoms with Crippen molar-refractivity contribution < 1.29 is 9.59 Å². The maximum Gasteiger partial charge on any atom is 0.255 e. The first kappa shape index (κ1) is 19.8. The van der Waals surface area contributed by atoms with Crippen molar-refractivity contribution >= 4 is 23.3 Å². The SMILES string of the molecule is CN1CCC(N2CCN(C(=O)c3cnc4c(c3)N(CC3CC3)C(=O)CN4)CC2)CC1. The van der Waals surface area contributed by atoms with Gasteiger partial charge in [-0.3, -0.25) is 14.5 Å². The van der Waals surface area contributed by atoms with E-state index >= 15 is 0 Å². The van der Waals surface area contributed by atoms with Crippen LogP contribution in [0.3, 0.4) is 0 Å². The van der Waals surface area contributed by atoms with Crippen LogP contribution in [0, 0.1) is 5.92 Å². The first-order chi connectivity index (χ1) is 14.6. The van der Waals surface area contributed by atoms with Gasteiger partial charge in [-0.2, -0.15) is 0 Å². The number of hydrogen-bond donors (Lipinski definition) is 1. The molecule has 2 saturated heterocycles. The average Bonchev–Trinajstić information content (AvgIpc) is 3.60. The molecule has 8 heteroatoms. The zero-order valence-corrected chi connectivity index (χ0v) is 17.8. The van der Waals surface area contributed by atoms with Gasteiger partial charge in [0.15, 0.2) is 0 Å². The Morgan fingerprint density at radius 2 is 1.83 bits per heavy atom. The molecule has 1 aliphatic carbocycles. The topological polar surface area (TPSA) is 72.0 Å². The number of pyridine rings is 1. The summed E-state index contributed by atoms with van der Waals surface area (Å²) in [6.07, 6.45) is 6.46. The Kier molecular flexibility index (Phi) is 5.37. The van der Waals surface area contributed by atoms with E-state index in [1.807, 2.05) is 15.9 Å². The van der Waals surface area contributed by atoms with Crippen LogP contribution in [0.5, 0.6) is 0 Å². The number of fused-ring (bicyclic) bond motifs is 1. The Morgan fingerprint density at radius 3 is 2.53 bits per heavy atom. The second-order valence-corrected chi connectivity index (χ2v) is 9.26. The molecule has 1 aromatic heterocycles. The molecule has 5 rings (SSSR count). The molecule has 0 unspecified atom stereocenters. The third-order valence-electron chi connectivity index (χ3n) is 7.06. The minimum absolute atomic E-state index is 0.0257. The van der Waals surface area contributed by atoms with E-state index in [1.165, 1.54) is 25.7 Å². The van der Waals surface area contributed by atoms with Gasteiger partial charge in [0.05, 0.1) is 17.8 Å². The van der Waals surface area contributed by atoms with Gasteiger partial charge in [-0.15, -0.1) is 0 Å². The number of rotatable bonds is 4. The molecule has 0 atom stereocenters. The van der Waals surface area contributed by atoms with E-state index in [4.69, 9.17) is 0 Å². The molecule has 0 spiro atoms. The van der Waals surface area contributed by atoms with E-state index in [2.05, 4.69) is 27.1 Å². The molecular formula is C22H32N6O2. The molecule has 4 heterocycles. The maximum absolute atomic E-state index is 13.2. The Morgan fingerprint density at radius 1 is 1.10 bits per heavy atom. The van der Waals surface area contributed by atoms with E-state index in [9.17, 15) is 9.59 Å². The van der Waals surface area contributed by atoms with Crippen molar-refractivity contribution in [3.05, 3.63) is 17.8 Å². The van der Waals surface area contributed by atoms with Crippen molar-refractivity contribution in [2.24, 2.45) is 5.92 Å². The van der Waals surface area contributed by atoms with Crippen molar-refractivity contribution in [3.8, 4) is 0 Å². The van der Waals surface area contributed by atoms with Crippen molar-refractivity contribution in [2.75, 3.05) is 69.6 Å². The standard InChI is InChI=1S/C22H32N6O2/c1-25-6-4-18(5-7-25)26-8-10-27(11-9-26)22(30)17-12-19-21(23-13-17)24-14-20(29)28(19)15-16-2-3-16/h12-13,16,18H,2-11,14-15H2,1H3,(H,23,24). The number of piperazine rings is 1. The number of nitrogens with one attached hydrogen (secondary N) is 1. The maximum atomic E-state index is 13.2. The van der Waals surface area contributed by atoms with E-state index in [0.717, 1.165) is 51.5 Å². The Balaban J connectivity index is 1.24. The number of piperidine rings is 1. The fraction of sp³-hybridized carbons (Fsp3) is 0.682. The van der Waals surface area contributed by atoms with Gasteiger partial charge in [0.2, 0.25) is 5.91 Å². The molecule has 0 aromatic carbocycles. The first-order valence-electron chi connectivity index (χ1n) is 11.3. The summed E-state index contributed by atoms with van der Waals surface area (Å²) in [4.78, 5) is 38.8. The van der Waals surface area contributed by atoms with Crippen LogP contribution in [0.2, 0.25) is 0 Å². The van der Waals surface area contributed by atoms with Gasteiger partial charge in [-0.1, -0.05) is 0 Å². The van der Waals surface area contributed by atoms with Crippen molar-refractivity contribution in [2.45, 2.75) is 31.7 Å². The molecule has 3 fully saturated rings. The molecule has 0 bridgehead atoms. The van der Waals surface area contributed by atoms with Crippen LogP contribution < -0.4 is 10.2 Å². The smallest absolute Gasteiger partial charge is 0.255 e. The van der Waals surface area contributed by atoms with Gasteiger partial charge in [0, 0.05) is 45.0 Å². The van der Waals surface area contributed by atoms with Crippen LogP contribution in [0.4, 0.5) is 11.5 Å². The van der Waals surface area contributed by atoms with Crippen molar-refractivity contribution in [1.29, 1.82) is 0 Å².